The first kappa shape index (κ1) is 12.4. The monoisotopic (exact) mass is 288 g/mol. The molecule has 0 aliphatic rings. The summed E-state index contributed by atoms with van der Waals surface area (Å²) < 4.78 is 5.24. The second-order valence-electron chi connectivity index (χ2n) is 3.97. The van der Waals surface area contributed by atoms with E-state index in [1.165, 1.54) is 0 Å². The number of fused-ring (bicyclic) bond motifs is 1. The van der Waals surface area contributed by atoms with Crippen molar-refractivity contribution < 1.29 is 4.42 Å². The van der Waals surface area contributed by atoms with Crippen molar-refractivity contribution >= 4 is 28.6 Å². The van der Waals surface area contributed by atoms with Crippen LogP contribution in [0.3, 0.4) is 0 Å². The second-order valence-corrected chi connectivity index (χ2v) is 4.31. The lowest BCUT2D eigenvalue weighted by Crippen LogP contribution is -2.02. The Morgan fingerprint density at radius 1 is 1.40 bits per heavy atom. The highest BCUT2D eigenvalue weighted by molar-refractivity contribution is 6.28. The Morgan fingerprint density at radius 2 is 2.30 bits per heavy atom. The molecular weight excluding hydrogens is 280 g/mol. The lowest BCUT2D eigenvalue weighted by Gasteiger charge is -2.04. The van der Waals surface area contributed by atoms with Gasteiger partial charge in [-0.25, -0.2) is 11.6 Å². The first-order valence-electron chi connectivity index (χ1n) is 5.78. The van der Waals surface area contributed by atoms with Gasteiger partial charge in [0.1, 0.15) is 11.3 Å². The van der Waals surface area contributed by atoms with Gasteiger partial charge in [0, 0.05) is 0 Å². The summed E-state index contributed by atoms with van der Waals surface area (Å²) in [6, 6.07) is 3.66. The molecule has 100 valence electrons. The minimum atomic E-state index is 0.0975. The number of anilines is 1. The molecule has 0 unspecified atom stereocenters. The molecule has 0 saturated carbocycles. The molecule has 0 bridgehead atoms. The number of nitrogens with one attached hydrogen (secondary N) is 2. The Bertz CT molecular complexity index is 773. The Balaban J connectivity index is 1.94. The number of furan rings is 1. The first-order valence-corrected chi connectivity index (χ1v) is 6.15. The average Bonchev–Trinajstić information content (AvgIpc) is 3.05. The van der Waals surface area contributed by atoms with Gasteiger partial charge in [0.05, 0.1) is 12.8 Å². The van der Waals surface area contributed by atoms with Crippen LogP contribution in [0.5, 0.6) is 0 Å². The van der Waals surface area contributed by atoms with Gasteiger partial charge in [-0.15, -0.1) is 0 Å². The molecule has 0 saturated heterocycles. The molecule has 3 rings (SSSR count). The van der Waals surface area contributed by atoms with E-state index >= 15 is 0 Å². The minimum absolute atomic E-state index is 0.0975. The number of rotatable bonds is 4. The van der Waals surface area contributed by atoms with E-state index in [4.69, 9.17) is 22.6 Å². The largest absolute Gasteiger partial charge is 0.467 e. The molecule has 8 heteroatoms. The third-order valence-electron chi connectivity index (χ3n) is 2.61. The van der Waals surface area contributed by atoms with Gasteiger partial charge in [0.25, 0.3) is 6.54 Å². The van der Waals surface area contributed by atoms with Crippen molar-refractivity contribution in [1.82, 2.24) is 19.9 Å². The van der Waals surface area contributed by atoms with Gasteiger partial charge in [-0.2, -0.15) is 9.97 Å². The molecule has 3 aromatic heterocycles. The van der Waals surface area contributed by atoms with Gasteiger partial charge >= 0.3 is 0 Å². The predicted molar refractivity (Wildman–Crippen MR) is 73.0 cm³/mol. The normalized spacial score (nSPS) is 10.6. The van der Waals surface area contributed by atoms with Crippen LogP contribution in [0.4, 0.5) is 5.82 Å². The van der Waals surface area contributed by atoms with Crippen LogP contribution < -0.4 is 5.32 Å². The number of nitrogens with zero attached hydrogens (tertiary/aromatic N) is 4. The molecule has 0 aliphatic heterocycles. The van der Waals surface area contributed by atoms with E-state index in [1.807, 2.05) is 12.1 Å². The standard InChI is InChI=1S/C12H9ClN6O/c1-14-6-8-16-9-10(15-5-7-3-2-4-20-7)18-12(13)19-11(9)17-8/h2-4H,5-6H2,(H2,15,16,17,18,19). The highest BCUT2D eigenvalue weighted by atomic mass is 35.5. The third-order valence-corrected chi connectivity index (χ3v) is 2.78. The van der Waals surface area contributed by atoms with Crippen LogP contribution in [-0.4, -0.2) is 19.9 Å². The van der Waals surface area contributed by atoms with E-state index in [0.717, 1.165) is 5.76 Å². The van der Waals surface area contributed by atoms with Crippen molar-refractivity contribution in [3.8, 4) is 0 Å². The Labute approximate surface area is 118 Å². The zero-order valence-corrected chi connectivity index (χ0v) is 11.0. The Kier molecular flexibility index (Phi) is 3.23. The van der Waals surface area contributed by atoms with E-state index in [1.54, 1.807) is 6.26 Å². The molecule has 3 heterocycles. The number of aromatic amines is 1. The fourth-order valence-electron chi connectivity index (χ4n) is 1.78. The maximum absolute atomic E-state index is 6.86. The summed E-state index contributed by atoms with van der Waals surface area (Å²) in [6.45, 7) is 7.48. The maximum atomic E-state index is 6.86. The van der Waals surface area contributed by atoms with Crippen LogP contribution >= 0.6 is 11.6 Å². The van der Waals surface area contributed by atoms with E-state index in [9.17, 15) is 0 Å². The van der Waals surface area contributed by atoms with Gasteiger partial charge in [0.15, 0.2) is 17.3 Å². The molecule has 20 heavy (non-hydrogen) atoms. The van der Waals surface area contributed by atoms with Gasteiger partial charge in [-0.3, -0.25) is 0 Å². The summed E-state index contributed by atoms with van der Waals surface area (Å²) in [6.07, 6.45) is 1.60. The van der Waals surface area contributed by atoms with Crippen LogP contribution in [0.1, 0.15) is 11.6 Å². The number of imidazole rings is 1. The van der Waals surface area contributed by atoms with E-state index in [-0.39, 0.29) is 11.8 Å². The van der Waals surface area contributed by atoms with Crippen LogP contribution in [0.15, 0.2) is 22.8 Å². The lowest BCUT2D eigenvalue weighted by molar-refractivity contribution is 0.518. The van der Waals surface area contributed by atoms with Gasteiger partial charge < -0.3 is 19.6 Å². The van der Waals surface area contributed by atoms with E-state index in [2.05, 4.69) is 30.1 Å². The van der Waals surface area contributed by atoms with Crippen LogP contribution in [0.25, 0.3) is 16.0 Å². The number of hydrogen-bond donors (Lipinski definition) is 2. The summed E-state index contributed by atoms with van der Waals surface area (Å²) in [5.41, 5.74) is 1.06. The van der Waals surface area contributed by atoms with Crippen molar-refractivity contribution in [2.45, 2.75) is 13.1 Å². The van der Waals surface area contributed by atoms with Crippen molar-refractivity contribution in [3.63, 3.8) is 0 Å². The molecule has 0 aromatic carbocycles. The van der Waals surface area contributed by atoms with E-state index in [0.29, 0.717) is 29.4 Å². The smallest absolute Gasteiger partial charge is 0.271 e. The SMILES string of the molecule is [C-]#[N+]Cc1nc2nc(Cl)nc(NCc3ccco3)c2[nH]1. The highest BCUT2D eigenvalue weighted by Gasteiger charge is 2.13. The van der Waals surface area contributed by atoms with Crippen LogP contribution in [0.2, 0.25) is 5.28 Å². The summed E-state index contributed by atoms with van der Waals surface area (Å²) in [4.78, 5) is 18.7. The molecule has 2 N–H and O–H groups in total. The maximum Gasteiger partial charge on any atom is 0.271 e. The van der Waals surface area contributed by atoms with Crippen molar-refractivity contribution in [1.29, 1.82) is 0 Å². The molecule has 0 atom stereocenters. The highest BCUT2D eigenvalue weighted by Crippen LogP contribution is 2.21. The van der Waals surface area contributed by atoms with Gasteiger partial charge in [-0.1, -0.05) is 0 Å². The zero-order chi connectivity index (χ0) is 13.9. The van der Waals surface area contributed by atoms with Crippen molar-refractivity contribution in [3.05, 3.63) is 46.7 Å². The molecule has 0 amide bonds. The fourth-order valence-corrected chi connectivity index (χ4v) is 1.94. The quantitative estimate of drug-likeness (QED) is 0.569. The summed E-state index contributed by atoms with van der Waals surface area (Å²) in [5.74, 6) is 1.83. The summed E-state index contributed by atoms with van der Waals surface area (Å²) in [7, 11) is 0. The number of halogens is 1. The Hall–Kier alpha value is -2.59. The molecule has 0 radical (unpaired) electrons. The first-order chi connectivity index (χ1) is 9.76. The summed E-state index contributed by atoms with van der Waals surface area (Å²) in [5, 5.41) is 3.21. The predicted octanol–water partition coefficient (Wildman–Crippen LogP) is 2.63. The number of hydrogen-bond acceptors (Lipinski definition) is 5. The lowest BCUT2D eigenvalue weighted by atomic mass is 10.4. The molecule has 0 fully saturated rings. The number of H-pyrrole nitrogens is 1. The Morgan fingerprint density at radius 3 is 3.05 bits per heavy atom. The minimum Gasteiger partial charge on any atom is -0.467 e. The number of aromatic nitrogens is 4. The molecule has 7 nitrogen and oxygen atoms in total. The topological polar surface area (TPSA) is 84.0 Å². The van der Waals surface area contributed by atoms with Crippen LogP contribution in [0, 0.1) is 6.57 Å². The molecular formula is C12H9ClN6O. The second kappa shape index (κ2) is 5.19. The van der Waals surface area contributed by atoms with Gasteiger partial charge in [0.2, 0.25) is 5.28 Å². The van der Waals surface area contributed by atoms with Gasteiger partial charge in [-0.05, 0) is 23.7 Å². The molecule has 3 aromatic rings. The third kappa shape index (κ3) is 2.41. The van der Waals surface area contributed by atoms with Crippen molar-refractivity contribution in [2.75, 3.05) is 5.32 Å². The average molecular weight is 289 g/mol. The van der Waals surface area contributed by atoms with Crippen LogP contribution in [-0.2, 0) is 13.1 Å². The molecule has 0 spiro atoms. The molecule has 0 aliphatic carbocycles. The zero-order valence-electron chi connectivity index (χ0n) is 10.2. The fraction of sp³-hybridized carbons (Fsp3) is 0.167. The van der Waals surface area contributed by atoms with E-state index < -0.39 is 0 Å². The van der Waals surface area contributed by atoms with Crippen molar-refractivity contribution in [2.24, 2.45) is 0 Å². The summed E-state index contributed by atoms with van der Waals surface area (Å²) >= 11 is 5.87.